The molecule has 1 aromatic rings. The number of methoxy groups -OCH3 is 1. The molecule has 0 saturated carbocycles. The highest BCUT2D eigenvalue weighted by atomic mass is 79.9. The maximum absolute atomic E-state index is 13.7. The molecule has 0 bridgehead atoms. The van der Waals surface area contributed by atoms with Crippen LogP contribution in [0.15, 0.2) is 22.7 Å². The molecule has 19 heavy (non-hydrogen) atoms. The maximum Gasteiger partial charge on any atom is 0.325 e. The molecule has 0 saturated heterocycles. The molecule has 0 spiro atoms. The molecule has 0 unspecified atom stereocenters. The number of carbonyl (C=O) groups is 2. The number of benzene rings is 1. The molecule has 6 heteroatoms. The highest BCUT2D eigenvalue weighted by Gasteiger charge is 2.24. The summed E-state index contributed by atoms with van der Waals surface area (Å²) in [5.74, 6) is -1.71. The molecule has 0 atom stereocenters. The van der Waals surface area contributed by atoms with E-state index >= 15 is 0 Å². The van der Waals surface area contributed by atoms with E-state index in [4.69, 9.17) is 0 Å². The fraction of sp³-hybridized carbons (Fsp3) is 0.385. The van der Waals surface area contributed by atoms with E-state index in [0.29, 0.717) is 4.47 Å². The largest absolute Gasteiger partial charge is 0.468 e. The lowest BCUT2D eigenvalue weighted by atomic mass is 10.1. The standard InChI is InChI=1S/C13H15BrFNO3/c1-8(2)16(7-12(17)19-3)13(18)10-6-9(14)4-5-11(10)15/h4-6,8H,7H2,1-3H3. The van der Waals surface area contributed by atoms with Gasteiger partial charge in [-0.2, -0.15) is 0 Å². The van der Waals surface area contributed by atoms with Crippen molar-refractivity contribution < 1.29 is 18.7 Å². The summed E-state index contributed by atoms with van der Waals surface area (Å²) in [5.41, 5.74) is -0.0769. The smallest absolute Gasteiger partial charge is 0.325 e. The first-order valence-electron chi connectivity index (χ1n) is 5.69. The summed E-state index contributed by atoms with van der Waals surface area (Å²) in [6.45, 7) is 3.28. The van der Waals surface area contributed by atoms with Crippen molar-refractivity contribution in [2.24, 2.45) is 0 Å². The van der Waals surface area contributed by atoms with Crippen molar-refractivity contribution >= 4 is 27.8 Å². The van der Waals surface area contributed by atoms with E-state index in [1.807, 2.05) is 0 Å². The molecule has 0 aromatic heterocycles. The SMILES string of the molecule is COC(=O)CN(C(=O)c1cc(Br)ccc1F)C(C)C. The summed E-state index contributed by atoms with van der Waals surface area (Å²) in [4.78, 5) is 24.8. The second kappa shape index (κ2) is 6.65. The van der Waals surface area contributed by atoms with Gasteiger partial charge in [-0.05, 0) is 32.0 Å². The third-order valence-corrected chi connectivity index (χ3v) is 3.06. The van der Waals surface area contributed by atoms with Crippen molar-refractivity contribution in [3.8, 4) is 0 Å². The van der Waals surface area contributed by atoms with E-state index in [9.17, 15) is 14.0 Å². The summed E-state index contributed by atoms with van der Waals surface area (Å²) in [6.07, 6.45) is 0. The van der Waals surface area contributed by atoms with Crippen molar-refractivity contribution in [1.29, 1.82) is 0 Å². The van der Waals surface area contributed by atoms with Gasteiger partial charge in [0.25, 0.3) is 5.91 Å². The monoisotopic (exact) mass is 331 g/mol. The Labute approximate surface area is 119 Å². The molecule has 4 nitrogen and oxygen atoms in total. The number of rotatable bonds is 4. The van der Waals surface area contributed by atoms with Crippen LogP contribution in [0.1, 0.15) is 24.2 Å². The molecule has 104 valence electrons. The second-order valence-electron chi connectivity index (χ2n) is 4.23. The number of hydrogen-bond acceptors (Lipinski definition) is 3. The van der Waals surface area contributed by atoms with Gasteiger partial charge >= 0.3 is 5.97 Å². The molecule has 0 N–H and O–H groups in total. The van der Waals surface area contributed by atoms with Gasteiger partial charge in [0.05, 0.1) is 12.7 Å². The highest BCUT2D eigenvalue weighted by Crippen LogP contribution is 2.18. The van der Waals surface area contributed by atoms with Crippen LogP contribution in [0.4, 0.5) is 4.39 Å². The van der Waals surface area contributed by atoms with Crippen LogP contribution in [0.3, 0.4) is 0 Å². The molecule has 0 heterocycles. The summed E-state index contributed by atoms with van der Waals surface area (Å²) in [6, 6.07) is 3.86. The second-order valence-corrected chi connectivity index (χ2v) is 5.14. The molecule has 1 aromatic carbocycles. The number of carbonyl (C=O) groups excluding carboxylic acids is 2. The van der Waals surface area contributed by atoms with E-state index in [1.165, 1.54) is 30.2 Å². The minimum absolute atomic E-state index is 0.0769. The van der Waals surface area contributed by atoms with Gasteiger partial charge in [0.15, 0.2) is 0 Å². The molecule has 1 rings (SSSR count). The third kappa shape index (κ3) is 4.02. The number of esters is 1. The van der Waals surface area contributed by atoms with Gasteiger partial charge in [-0.1, -0.05) is 15.9 Å². The van der Waals surface area contributed by atoms with Gasteiger partial charge in [-0.3, -0.25) is 9.59 Å². The Morgan fingerprint density at radius 1 is 1.42 bits per heavy atom. The Balaban J connectivity index is 3.05. The van der Waals surface area contributed by atoms with Crippen LogP contribution in [0.5, 0.6) is 0 Å². The fourth-order valence-electron chi connectivity index (χ4n) is 1.51. The van der Waals surface area contributed by atoms with Crippen LogP contribution in [-0.4, -0.2) is 36.5 Å². The first kappa shape index (κ1) is 15.6. The first-order valence-corrected chi connectivity index (χ1v) is 6.49. The van der Waals surface area contributed by atoms with E-state index in [0.717, 1.165) is 0 Å². The lowest BCUT2D eigenvalue weighted by Crippen LogP contribution is -2.41. The Kier molecular flexibility index (Phi) is 5.47. The lowest BCUT2D eigenvalue weighted by Gasteiger charge is -2.25. The van der Waals surface area contributed by atoms with Crippen molar-refractivity contribution in [3.05, 3.63) is 34.1 Å². The van der Waals surface area contributed by atoms with E-state index in [1.54, 1.807) is 13.8 Å². The quantitative estimate of drug-likeness (QED) is 0.797. The average Bonchev–Trinajstić information content (AvgIpc) is 2.37. The molecule has 0 radical (unpaired) electrons. The zero-order valence-corrected chi connectivity index (χ0v) is 12.5. The number of amides is 1. The van der Waals surface area contributed by atoms with Crippen molar-refractivity contribution in [2.75, 3.05) is 13.7 Å². The van der Waals surface area contributed by atoms with Crippen LogP contribution in [0.25, 0.3) is 0 Å². The third-order valence-electron chi connectivity index (χ3n) is 2.57. The topological polar surface area (TPSA) is 46.6 Å². The molecule has 0 fully saturated rings. The van der Waals surface area contributed by atoms with Crippen LogP contribution < -0.4 is 0 Å². The van der Waals surface area contributed by atoms with Crippen LogP contribution in [-0.2, 0) is 9.53 Å². The highest BCUT2D eigenvalue weighted by molar-refractivity contribution is 9.10. The van der Waals surface area contributed by atoms with Crippen LogP contribution in [0.2, 0.25) is 0 Å². The summed E-state index contributed by atoms with van der Waals surface area (Å²) in [5, 5.41) is 0. The van der Waals surface area contributed by atoms with E-state index < -0.39 is 17.7 Å². The van der Waals surface area contributed by atoms with Crippen molar-refractivity contribution in [2.45, 2.75) is 19.9 Å². The van der Waals surface area contributed by atoms with Gasteiger partial charge in [-0.15, -0.1) is 0 Å². The minimum Gasteiger partial charge on any atom is -0.468 e. The predicted octanol–water partition coefficient (Wildman–Crippen LogP) is 2.61. The van der Waals surface area contributed by atoms with E-state index in [-0.39, 0.29) is 18.2 Å². The van der Waals surface area contributed by atoms with Crippen LogP contribution >= 0.6 is 15.9 Å². The normalized spacial score (nSPS) is 10.4. The Bertz CT molecular complexity index is 491. The van der Waals surface area contributed by atoms with E-state index in [2.05, 4.69) is 20.7 Å². The van der Waals surface area contributed by atoms with Crippen molar-refractivity contribution in [3.63, 3.8) is 0 Å². The number of ether oxygens (including phenoxy) is 1. The summed E-state index contributed by atoms with van der Waals surface area (Å²) in [7, 11) is 1.24. The molecular weight excluding hydrogens is 317 g/mol. The fourth-order valence-corrected chi connectivity index (χ4v) is 1.87. The Morgan fingerprint density at radius 3 is 2.58 bits per heavy atom. The average molecular weight is 332 g/mol. The van der Waals surface area contributed by atoms with Gasteiger partial charge < -0.3 is 9.64 Å². The Morgan fingerprint density at radius 2 is 2.05 bits per heavy atom. The maximum atomic E-state index is 13.7. The molecule has 0 aliphatic rings. The number of nitrogens with zero attached hydrogens (tertiary/aromatic N) is 1. The van der Waals surface area contributed by atoms with Gasteiger partial charge in [0.2, 0.25) is 0 Å². The molecular formula is C13H15BrFNO3. The number of hydrogen-bond donors (Lipinski definition) is 0. The zero-order valence-electron chi connectivity index (χ0n) is 10.9. The molecule has 0 aliphatic carbocycles. The summed E-state index contributed by atoms with van der Waals surface area (Å²) >= 11 is 3.19. The summed E-state index contributed by atoms with van der Waals surface area (Å²) < 4.78 is 18.8. The molecule has 0 aliphatic heterocycles. The van der Waals surface area contributed by atoms with Crippen molar-refractivity contribution in [1.82, 2.24) is 4.90 Å². The minimum atomic E-state index is -0.622. The Hall–Kier alpha value is -1.43. The molecule has 1 amide bonds. The first-order chi connectivity index (χ1) is 8.86. The van der Waals surface area contributed by atoms with Gasteiger partial charge in [0, 0.05) is 10.5 Å². The van der Waals surface area contributed by atoms with Crippen LogP contribution in [0, 0.1) is 5.82 Å². The number of halogens is 2. The zero-order chi connectivity index (χ0) is 14.6. The predicted molar refractivity (Wildman–Crippen MR) is 72.3 cm³/mol. The van der Waals surface area contributed by atoms with Gasteiger partial charge in [-0.25, -0.2) is 4.39 Å². The van der Waals surface area contributed by atoms with Gasteiger partial charge in [0.1, 0.15) is 12.4 Å². The lowest BCUT2D eigenvalue weighted by molar-refractivity contribution is -0.141.